The smallest absolute Gasteiger partial charge is 0.126 e. The summed E-state index contributed by atoms with van der Waals surface area (Å²) < 4.78 is 18.8. The van der Waals surface area contributed by atoms with Crippen LogP contribution in [0.15, 0.2) is 84.0 Å². The number of allylic oxidation sites excluding steroid dienone is 5. The van der Waals surface area contributed by atoms with Gasteiger partial charge < -0.3 is 4.74 Å². The average Bonchev–Trinajstić information content (AvgIpc) is 2.93. The summed E-state index contributed by atoms with van der Waals surface area (Å²) in [5.74, 6) is 1.67. The molecule has 3 aromatic carbocycles. The van der Waals surface area contributed by atoms with Gasteiger partial charge in [-0.15, -0.1) is 0 Å². The lowest BCUT2D eigenvalue weighted by Crippen LogP contribution is -2.34. The molecule has 0 N–H and O–H groups in total. The number of hydrogen-bond acceptors (Lipinski definition) is 1. The number of ether oxygens (including phenoxy) is 1. The third-order valence-electron chi connectivity index (χ3n) is 8.21. The van der Waals surface area contributed by atoms with Crippen LogP contribution in [0.3, 0.4) is 0 Å². The highest BCUT2D eigenvalue weighted by Gasteiger charge is 2.23. The van der Waals surface area contributed by atoms with Crippen LogP contribution in [0.2, 0.25) is 0 Å². The van der Waals surface area contributed by atoms with E-state index in [9.17, 15) is 4.39 Å². The molecule has 1 heterocycles. The average molecular weight is 501 g/mol. The second kappa shape index (κ2) is 10.1. The quantitative estimate of drug-likeness (QED) is 0.332. The Morgan fingerprint density at radius 1 is 0.921 bits per heavy atom. The van der Waals surface area contributed by atoms with Gasteiger partial charge >= 0.3 is 0 Å². The van der Waals surface area contributed by atoms with E-state index in [1.165, 1.54) is 49.4 Å². The summed E-state index contributed by atoms with van der Waals surface area (Å²) >= 11 is 0. The Hall–Kier alpha value is -3.91. The van der Waals surface area contributed by atoms with Crippen LogP contribution in [-0.4, -0.2) is 6.61 Å². The third kappa shape index (κ3) is 4.60. The van der Waals surface area contributed by atoms with E-state index in [1.54, 1.807) is 12.1 Å². The second-order valence-corrected chi connectivity index (χ2v) is 10.7. The fourth-order valence-electron chi connectivity index (χ4n) is 5.98. The van der Waals surface area contributed by atoms with Crippen molar-refractivity contribution < 1.29 is 9.13 Å². The van der Waals surface area contributed by atoms with E-state index in [0.717, 1.165) is 24.2 Å². The lowest BCUT2D eigenvalue weighted by molar-refractivity contribution is 0.358. The number of hydrogen-bond donors (Lipinski definition) is 0. The molecule has 2 unspecified atom stereocenters. The van der Waals surface area contributed by atoms with Crippen LogP contribution in [0.25, 0.3) is 29.9 Å². The summed E-state index contributed by atoms with van der Waals surface area (Å²) in [5.41, 5.74) is 10.5. The standard InChI is InChI=1S/C27H25F.C9H8O/c1-16-12-19-5-9-25-24-8-4-20(23-11-7-22(28)13-18(23)3)15-21(24)6-10-26(25)27(19)14-17(16)2;1-2-6-9-8(4-1)5-3-7-10-9/h4-5,7-14,17,20H,6,15H2,1-3H3;1-6H,7H2. The second-order valence-electron chi connectivity index (χ2n) is 10.7. The lowest BCUT2D eigenvalue weighted by atomic mass is 9.77. The zero-order valence-electron chi connectivity index (χ0n) is 22.3. The molecule has 0 aromatic heterocycles. The maximum absolute atomic E-state index is 13.5. The molecule has 0 saturated carbocycles. The van der Waals surface area contributed by atoms with Crippen LogP contribution >= 0.6 is 0 Å². The van der Waals surface area contributed by atoms with Crippen LogP contribution < -0.4 is 15.2 Å². The van der Waals surface area contributed by atoms with Gasteiger partial charge in [-0.05, 0) is 95.1 Å². The Morgan fingerprint density at radius 2 is 1.79 bits per heavy atom. The van der Waals surface area contributed by atoms with Gasteiger partial charge in [-0.25, -0.2) is 4.39 Å². The third-order valence-corrected chi connectivity index (χ3v) is 8.21. The molecule has 1 nitrogen and oxygen atoms in total. The highest BCUT2D eigenvalue weighted by atomic mass is 19.1. The minimum absolute atomic E-state index is 0.152. The van der Waals surface area contributed by atoms with Gasteiger partial charge in [-0.1, -0.05) is 90.9 Å². The highest BCUT2D eigenvalue weighted by Crippen LogP contribution is 2.39. The topological polar surface area (TPSA) is 9.23 Å². The molecular formula is C36H33FO. The number of benzene rings is 3. The molecule has 7 rings (SSSR count). The lowest BCUT2D eigenvalue weighted by Gasteiger charge is -2.27. The van der Waals surface area contributed by atoms with Gasteiger partial charge in [0.15, 0.2) is 0 Å². The Labute approximate surface area is 224 Å². The van der Waals surface area contributed by atoms with Crippen LogP contribution in [-0.2, 0) is 0 Å². The largest absolute Gasteiger partial charge is 0.489 e. The first-order chi connectivity index (χ1) is 18.5. The van der Waals surface area contributed by atoms with Gasteiger partial charge in [-0.2, -0.15) is 0 Å². The fraction of sp³-hybridized carbons (Fsp3) is 0.222. The van der Waals surface area contributed by atoms with Gasteiger partial charge in [0.05, 0.1) is 0 Å². The Balaban J connectivity index is 0.000000221. The van der Waals surface area contributed by atoms with Crippen molar-refractivity contribution in [3.05, 3.63) is 128 Å². The van der Waals surface area contributed by atoms with Gasteiger partial charge in [0, 0.05) is 11.5 Å². The predicted molar refractivity (Wildman–Crippen MR) is 158 cm³/mol. The van der Waals surface area contributed by atoms with Crippen molar-refractivity contribution in [1.82, 2.24) is 0 Å². The normalized spacial score (nSPS) is 20.3. The molecule has 38 heavy (non-hydrogen) atoms. The van der Waals surface area contributed by atoms with Crippen molar-refractivity contribution in [2.75, 3.05) is 6.61 Å². The van der Waals surface area contributed by atoms with Gasteiger partial charge in [0.1, 0.15) is 18.2 Å². The van der Waals surface area contributed by atoms with E-state index < -0.39 is 0 Å². The van der Waals surface area contributed by atoms with Gasteiger partial charge in [0.25, 0.3) is 0 Å². The Kier molecular flexibility index (Phi) is 6.49. The molecule has 3 aliphatic carbocycles. The monoisotopic (exact) mass is 500 g/mol. The van der Waals surface area contributed by atoms with Crippen molar-refractivity contribution in [3.63, 3.8) is 0 Å². The molecule has 0 saturated heterocycles. The SMILES string of the molecule is C1=Cc2ccccc2OC1.CC1=Cc2ccc3c(c2=CC1C)=CCC1=C3C=CC(c2ccc(F)cc2C)C1. The first kappa shape index (κ1) is 24.4. The predicted octanol–water partition coefficient (Wildman–Crippen LogP) is 7.74. The van der Waals surface area contributed by atoms with Crippen molar-refractivity contribution >= 4 is 29.9 Å². The molecule has 4 aliphatic rings. The Bertz CT molecular complexity index is 1660. The number of fused-ring (bicyclic) bond motifs is 5. The fourth-order valence-corrected chi connectivity index (χ4v) is 5.98. The van der Waals surface area contributed by atoms with Crippen molar-refractivity contribution in [2.45, 2.75) is 39.5 Å². The highest BCUT2D eigenvalue weighted by molar-refractivity contribution is 5.83. The number of para-hydroxylation sites is 1. The zero-order chi connectivity index (χ0) is 26.2. The molecule has 0 radical (unpaired) electrons. The first-order valence-electron chi connectivity index (χ1n) is 13.6. The Morgan fingerprint density at radius 3 is 2.63 bits per heavy atom. The number of aryl methyl sites for hydroxylation is 1. The van der Waals surface area contributed by atoms with E-state index in [4.69, 9.17) is 4.74 Å². The van der Waals surface area contributed by atoms with E-state index >= 15 is 0 Å². The molecule has 0 fully saturated rings. The maximum atomic E-state index is 13.5. The summed E-state index contributed by atoms with van der Waals surface area (Å²) in [5, 5.41) is 2.79. The zero-order valence-corrected chi connectivity index (χ0v) is 22.3. The van der Waals surface area contributed by atoms with Crippen LogP contribution in [0.5, 0.6) is 5.75 Å². The number of rotatable bonds is 1. The molecule has 0 amide bonds. The van der Waals surface area contributed by atoms with Crippen LogP contribution in [0.4, 0.5) is 4.39 Å². The number of halogens is 1. The van der Waals surface area contributed by atoms with Crippen LogP contribution in [0.1, 0.15) is 60.4 Å². The summed E-state index contributed by atoms with van der Waals surface area (Å²) in [4.78, 5) is 0. The van der Waals surface area contributed by atoms with E-state index in [2.05, 4.69) is 62.4 Å². The van der Waals surface area contributed by atoms with E-state index in [0.29, 0.717) is 18.4 Å². The summed E-state index contributed by atoms with van der Waals surface area (Å²) in [6.45, 7) is 7.21. The van der Waals surface area contributed by atoms with Gasteiger partial charge in [0.2, 0.25) is 0 Å². The molecule has 2 heteroatoms. The molecule has 0 spiro atoms. The molecule has 0 bridgehead atoms. The van der Waals surface area contributed by atoms with E-state index in [1.807, 2.05) is 43.3 Å². The maximum Gasteiger partial charge on any atom is 0.126 e. The van der Waals surface area contributed by atoms with Crippen molar-refractivity contribution in [3.8, 4) is 5.75 Å². The van der Waals surface area contributed by atoms with Crippen molar-refractivity contribution in [2.24, 2.45) is 5.92 Å². The van der Waals surface area contributed by atoms with E-state index in [-0.39, 0.29) is 5.82 Å². The minimum atomic E-state index is -0.152. The molecule has 3 aromatic rings. The first-order valence-corrected chi connectivity index (χ1v) is 13.6. The molecule has 190 valence electrons. The molecule has 1 aliphatic heterocycles. The van der Waals surface area contributed by atoms with Crippen molar-refractivity contribution in [1.29, 1.82) is 0 Å². The van der Waals surface area contributed by atoms with Crippen LogP contribution in [0, 0.1) is 18.7 Å². The van der Waals surface area contributed by atoms with Gasteiger partial charge in [-0.3, -0.25) is 0 Å². The summed E-state index contributed by atoms with van der Waals surface area (Å²) in [6.07, 6.45) is 17.9. The summed E-state index contributed by atoms with van der Waals surface area (Å²) in [7, 11) is 0. The molecular weight excluding hydrogens is 467 g/mol. The minimum Gasteiger partial charge on any atom is -0.489 e. The summed E-state index contributed by atoms with van der Waals surface area (Å²) in [6, 6.07) is 17.8. The molecule has 2 atom stereocenters.